The lowest BCUT2D eigenvalue weighted by atomic mass is 9.93. The normalized spacial score (nSPS) is 23.1. The molecule has 0 bridgehead atoms. The fourth-order valence-electron chi connectivity index (χ4n) is 4.59. The van der Waals surface area contributed by atoms with Crippen molar-refractivity contribution in [2.75, 3.05) is 13.2 Å². The lowest BCUT2D eigenvalue weighted by Gasteiger charge is -2.53. The van der Waals surface area contributed by atoms with Gasteiger partial charge in [0.15, 0.2) is 12.3 Å². The predicted molar refractivity (Wildman–Crippen MR) is 132 cm³/mol. The monoisotopic (exact) mass is 526 g/mol. The first-order valence-electron chi connectivity index (χ1n) is 13.0. The van der Waals surface area contributed by atoms with Gasteiger partial charge >= 0.3 is 12.1 Å². The van der Waals surface area contributed by atoms with E-state index in [9.17, 15) is 29.1 Å². The third-order valence-corrected chi connectivity index (χ3v) is 6.43. The van der Waals surface area contributed by atoms with Crippen LogP contribution >= 0.6 is 0 Å². The van der Waals surface area contributed by atoms with E-state index in [0.29, 0.717) is 6.42 Å². The lowest BCUT2D eigenvalue weighted by Crippen LogP contribution is -2.75. The molecule has 4 atom stereocenters. The summed E-state index contributed by atoms with van der Waals surface area (Å²) in [6.07, 6.45) is -2.32. The second kappa shape index (κ2) is 13.1. The van der Waals surface area contributed by atoms with E-state index in [1.54, 1.807) is 0 Å². The average molecular weight is 527 g/mol. The van der Waals surface area contributed by atoms with Crippen molar-refractivity contribution in [2.24, 2.45) is 23.5 Å². The average Bonchev–Trinajstić information content (AvgIpc) is 2.77. The van der Waals surface area contributed by atoms with Gasteiger partial charge in [-0.1, -0.05) is 41.5 Å². The Morgan fingerprint density at radius 3 is 2.22 bits per heavy atom. The first-order chi connectivity index (χ1) is 17.2. The van der Waals surface area contributed by atoms with Crippen LogP contribution in [0.25, 0.3) is 0 Å². The quantitative estimate of drug-likeness (QED) is 0.390. The fraction of sp³-hybridized carbons (Fsp3) is 0.800. The zero-order chi connectivity index (χ0) is 28.0. The van der Waals surface area contributed by atoms with Crippen molar-refractivity contribution >= 4 is 29.8 Å². The molecule has 2 saturated heterocycles. The van der Waals surface area contributed by atoms with Crippen molar-refractivity contribution in [3.63, 3.8) is 0 Å². The number of carboxylic acids is 1. The minimum atomic E-state index is -1.22. The number of piperazine rings is 1. The number of hydroxylamine groups is 2. The molecule has 0 aliphatic carbocycles. The molecule has 12 nitrogen and oxygen atoms in total. The van der Waals surface area contributed by atoms with Crippen molar-refractivity contribution in [3.8, 4) is 0 Å². The maximum Gasteiger partial charge on any atom is 0.436 e. The molecule has 12 heteroatoms. The summed E-state index contributed by atoms with van der Waals surface area (Å²) in [5, 5.41) is 10.9. The standard InChI is InChI=1S/C25H42N4O8/c1-14(2)9-10-36-25(35)29-21-13-27(18(24(33)34)12-16(5)6)22(31)17(11-15(3)4)28(21)23(32)19(37-29)7-8-20(26)30/h14-19,21H,7-13H2,1-6H3,(H2,26,30)(H,33,34)/t17-,18-,19+,21?/m0/s1. The molecule has 3 N–H and O–H groups in total. The lowest BCUT2D eigenvalue weighted by molar-refractivity contribution is -0.269. The van der Waals surface area contributed by atoms with Crippen LogP contribution in [0.3, 0.4) is 0 Å². The highest BCUT2D eigenvalue weighted by atomic mass is 16.7. The van der Waals surface area contributed by atoms with Crippen LogP contribution in [0, 0.1) is 17.8 Å². The number of aliphatic carboxylic acids is 1. The Morgan fingerprint density at radius 2 is 1.70 bits per heavy atom. The molecule has 0 aromatic heterocycles. The molecule has 4 amide bonds. The first-order valence-corrected chi connectivity index (χ1v) is 13.0. The first kappa shape index (κ1) is 30.3. The van der Waals surface area contributed by atoms with Crippen molar-refractivity contribution in [1.29, 1.82) is 0 Å². The van der Waals surface area contributed by atoms with Crippen molar-refractivity contribution in [3.05, 3.63) is 0 Å². The molecule has 0 aromatic rings. The molecule has 0 spiro atoms. The summed E-state index contributed by atoms with van der Waals surface area (Å²) >= 11 is 0. The van der Waals surface area contributed by atoms with Gasteiger partial charge < -0.3 is 25.4 Å². The number of carbonyl (C=O) groups is 5. The van der Waals surface area contributed by atoms with Crippen LogP contribution < -0.4 is 5.73 Å². The molecule has 1 unspecified atom stereocenters. The summed E-state index contributed by atoms with van der Waals surface area (Å²) in [6, 6.07) is -2.14. The van der Waals surface area contributed by atoms with E-state index in [-0.39, 0.29) is 56.6 Å². The van der Waals surface area contributed by atoms with Crippen LogP contribution in [0.15, 0.2) is 0 Å². The Hall–Kier alpha value is -2.89. The van der Waals surface area contributed by atoms with Gasteiger partial charge in [-0.2, -0.15) is 5.06 Å². The molecule has 0 aromatic carbocycles. The number of nitrogens with zero attached hydrogens (tertiary/aromatic N) is 3. The number of rotatable bonds is 12. The van der Waals surface area contributed by atoms with Crippen LogP contribution in [-0.2, 0) is 28.8 Å². The van der Waals surface area contributed by atoms with Gasteiger partial charge in [0.2, 0.25) is 11.8 Å². The minimum Gasteiger partial charge on any atom is -0.480 e. The number of carbonyl (C=O) groups excluding carboxylic acids is 4. The highest BCUT2D eigenvalue weighted by molar-refractivity contribution is 5.94. The van der Waals surface area contributed by atoms with E-state index < -0.39 is 54.1 Å². The summed E-state index contributed by atoms with van der Waals surface area (Å²) < 4.78 is 5.41. The summed E-state index contributed by atoms with van der Waals surface area (Å²) in [6.45, 7) is 11.3. The third kappa shape index (κ3) is 7.80. The van der Waals surface area contributed by atoms with Gasteiger partial charge in [-0.15, -0.1) is 0 Å². The van der Waals surface area contributed by atoms with Gasteiger partial charge in [0.25, 0.3) is 5.91 Å². The topological polar surface area (TPSA) is 160 Å². The molecule has 37 heavy (non-hydrogen) atoms. The van der Waals surface area contributed by atoms with E-state index in [2.05, 4.69) is 0 Å². The number of fused-ring (bicyclic) bond motifs is 1. The maximum absolute atomic E-state index is 13.7. The van der Waals surface area contributed by atoms with Crippen LogP contribution in [0.2, 0.25) is 0 Å². The van der Waals surface area contributed by atoms with E-state index in [1.165, 1.54) is 9.80 Å². The molecular formula is C25H42N4O8. The third-order valence-electron chi connectivity index (χ3n) is 6.43. The summed E-state index contributed by atoms with van der Waals surface area (Å²) in [4.78, 5) is 72.3. The SMILES string of the molecule is CC(C)CCOC(=O)N1O[C@H](CCC(N)=O)C(=O)N2C1CN([C@@H](CC(C)C)C(=O)O)C(=O)[C@@H]2CC(C)C. The molecule has 2 heterocycles. The molecule has 0 radical (unpaired) electrons. The number of ether oxygens (including phenoxy) is 1. The van der Waals surface area contributed by atoms with Gasteiger partial charge in [0.05, 0.1) is 13.2 Å². The summed E-state index contributed by atoms with van der Waals surface area (Å²) in [5.74, 6) is -2.59. The molecule has 210 valence electrons. The number of amides is 4. The zero-order valence-electron chi connectivity index (χ0n) is 22.7. The zero-order valence-corrected chi connectivity index (χ0v) is 22.7. The highest BCUT2D eigenvalue weighted by Crippen LogP contribution is 2.33. The summed E-state index contributed by atoms with van der Waals surface area (Å²) in [7, 11) is 0. The second-order valence-electron chi connectivity index (χ2n) is 11.1. The number of primary amides is 1. The predicted octanol–water partition coefficient (Wildman–Crippen LogP) is 1.96. The molecule has 2 fully saturated rings. The number of carboxylic acid groups (broad SMARTS) is 1. The van der Waals surface area contributed by atoms with E-state index >= 15 is 0 Å². The number of hydrogen-bond acceptors (Lipinski definition) is 7. The molecule has 2 aliphatic heterocycles. The van der Waals surface area contributed by atoms with Gasteiger partial charge in [-0.25, -0.2) is 9.59 Å². The Bertz CT molecular complexity index is 862. The van der Waals surface area contributed by atoms with Gasteiger partial charge in [0.1, 0.15) is 12.1 Å². The van der Waals surface area contributed by atoms with Crippen LogP contribution in [0.4, 0.5) is 4.79 Å². The van der Waals surface area contributed by atoms with Crippen molar-refractivity contribution < 1.29 is 38.7 Å². The van der Waals surface area contributed by atoms with Gasteiger partial charge in [-0.3, -0.25) is 19.2 Å². The molecule has 0 saturated carbocycles. The second-order valence-corrected chi connectivity index (χ2v) is 11.1. The Morgan fingerprint density at radius 1 is 1.05 bits per heavy atom. The fourth-order valence-corrected chi connectivity index (χ4v) is 4.59. The van der Waals surface area contributed by atoms with Crippen LogP contribution in [-0.4, -0.2) is 87.3 Å². The van der Waals surface area contributed by atoms with Gasteiger partial charge in [0, 0.05) is 6.42 Å². The molecule has 2 aliphatic rings. The highest BCUT2D eigenvalue weighted by Gasteiger charge is 2.55. The van der Waals surface area contributed by atoms with Crippen LogP contribution in [0.1, 0.15) is 73.6 Å². The Balaban J connectivity index is 2.50. The van der Waals surface area contributed by atoms with E-state index in [1.807, 2.05) is 41.5 Å². The number of hydrogen-bond donors (Lipinski definition) is 2. The minimum absolute atomic E-state index is 0.0185. The maximum atomic E-state index is 13.7. The van der Waals surface area contributed by atoms with E-state index in [0.717, 1.165) is 5.06 Å². The Kier molecular flexibility index (Phi) is 10.7. The smallest absolute Gasteiger partial charge is 0.436 e. The van der Waals surface area contributed by atoms with Crippen molar-refractivity contribution in [1.82, 2.24) is 14.9 Å². The van der Waals surface area contributed by atoms with Crippen LogP contribution in [0.5, 0.6) is 0 Å². The number of nitrogens with two attached hydrogens (primary N) is 1. The van der Waals surface area contributed by atoms with Crippen molar-refractivity contribution in [2.45, 2.75) is 98.0 Å². The Labute approximate surface area is 218 Å². The largest absolute Gasteiger partial charge is 0.480 e. The van der Waals surface area contributed by atoms with E-state index in [4.69, 9.17) is 15.3 Å². The summed E-state index contributed by atoms with van der Waals surface area (Å²) in [5.41, 5.74) is 5.27. The van der Waals surface area contributed by atoms with Gasteiger partial charge in [-0.05, 0) is 43.4 Å². The molecule has 2 rings (SSSR count). The molecular weight excluding hydrogens is 484 g/mol.